The number of fused-ring (bicyclic) bond motifs is 1. The zero-order valence-corrected chi connectivity index (χ0v) is 20.0. The Labute approximate surface area is 199 Å². The molecule has 2 aromatic carbocycles. The van der Waals surface area contributed by atoms with Crippen LogP contribution in [0.1, 0.15) is 36.3 Å². The van der Waals surface area contributed by atoms with Crippen molar-refractivity contribution in [1.29, 1.82) is 0 Å². The zero-order valence-electron chi connectivity index (χ0n) is 15.7. The lowest BCUT2D eigenvalue weighted by Gasteiger charge is -2.31. The number of hydrogen-bond donors (Lipinski definition) is 3. The fourth-order valence-electron chi connectivity index (χ4n) is 4.31. The lowest BCUT2D eigenvalue weighted by molar-refractivity contribution is -0.116. The summed E-state index contributed by atoms with van der Waals surface area (Å²) in [5, 5.41) is 17.4. The van der Waals surface area contributed by atoms with Gasteiger partial charge in [-0.2, -0.15) is 0 Å². The van der Waals surface area contributed by atoms with Crippen LogP contribution in [0.2, 0.25) is 0 Å². The number of Topliss-reactive ketones (excluding diaryl/α,β-unsaturated/α-hetero) is 1. The highest BCUT2D eigenvalue weighted by molar-refractivity contribution is 14.1. The number of nitrogens with zero attached hydrogens (tertiary/aromatic N) is 1. The highest BCUT2D eigenvalue weighted by Gasteiger charge is 2.40. The lowest BCUT2D eigenvalue weighted by Crippen LogP contribution is -2.30. The number of rotatable bonds is 2. The fraction of sp³-hybridized carbons (Fsp3) is 0.182. The molecule has 3 aromatic rings. The number of halogens is 2. The van der Waals surface area contributed by atoms with E-state index in [-0.39, 0.29) is 17.1 Å². The van der Waals surface area contributed by atoms with Gasteiger partial charge in [0.15, 0.2) is 5.78 Å². The Morgan fingerprint density at radius 1 is 1.07 bits per heavy atom. The van der Waals surface area contributed by atoms with Gasteiger partial charge in [0, 0.05) is 26.8 Å². The molecule has 1 aliphatic heterocycles. The number of anilines is 1. The molecule has 0 bridgehead atoms. The number of nitrogens with one attached hydrogen (secondary N) is 2. The Morgan fingerprint density at radius 3 is 2.60 bits per heavy atom. The molecule has 0 spiro atoms. The van der Waals surface area contributed by atoms with E-state index >= 15 is 0 Å². The summed E-state index contributed by atoms with van der Waals surface area (Å²) in [7, 11) is 0. The van der Waals surface area contributed by atoms with Crippen molar-refractivity contribution in [2.24, 2.45) is 0 Å². The average molecular weight is 625 g/mol. The van der Waals surface area contributed by atoms with E-state index in [9.17, 15) is 14.7 Å². The Morgan fingerprint density at radius 2 is 1.83 bits per heavy atom. The van der Waals surface area contributed by atoms with E-state index in [1.54, 1.807) is 0 Å². The second kappa shape index (κ2) is 7.56. The van der Waals surface area contributed by atoms with Gasteiger partial charge in [-0.1, -0.05) is 18.2 Å². The van der Waals surface area contributed by atoms with E-state index in [1.807, 2.05) is 42.5 Å². The van der Waals surface area contributed by atoms with Crippen LogP contribution < -0.4 is 10.9 Å². The molecule has 2 heterocycles. The number of ketones is 1. The lowest BCUT2D eigenvalue weighted by atomic mass is 9.76. The summed E-state index contributed by atoms with van der Waals surface area (Å²) >= 11 is 4.28. The normalized spacial score (nSPS) is 18.1. The Kier molecular flexibility index (Phi) is 5.00. The smallest absolute Gasteiger partial charge is 0.277 e. The number of para-hydroxylation sites is 1. The minimum Gasteiger partial charge on any atom is -0.507 e. The number of phenols is 1. The van der Waals surface area contributed by atoms with Crippen molar-refractivity contribution in [3.63, 3.8) is 0 Å². The van der Waals surface area contributed by atoms with Crippen molar-refractivity contribution in [3.05, 3.63) is 82.4 Å². The van der Waals surface area contributed by atoms with Gasteiger partial charge in [-0.05, 0) is 82.3 Å². The SMILES string of the molecule is O=C1CCCC2=C1[C@H](c1cc(I)cc(I)c1O)c1c([nH]n(-c3ccccc3)c1=O)N2. The molecule has 1 aliphatic carbocycles. The number of aromatic amines is 1. The molecule has 3 N–H and O–H groups in total. The Hall–Kier alpha value is -2.08. The summed E-state index contributed by atoms with van der Waals surface area (Å²) in [6.45, 7) is 0. The molecular formula is C22H17I2N3O3. The third-order valence-corrected chi connectivity index (χ3v) is 7.06. The molecule has 0 radical (unpaired) electrons. The Bertz CT molecular complexity index is 1270. The van der Waals surface area contributed by atoms with Gasteiger partial charge in [0.25, 0.3) is 5.56 Å². The number of benzene rings is 2. The van der Waals surface area contributed by atoms with Gasteiger partial charge in [0.1, 0.15) is 11.6 Å². The summed E-state index contributed by atoms with van der Waals surface area (Å²) < 4.78 is 3.12. The summed E-state index contributed by atoms with van der Waals surface area (Å²) in [5.41, 5.74) is 2.96. The third-order valence-electron chi connectivity index (χ3n) is 5.62. The topological polar surface area (TPSA) is 87.1 Å². The third kappa shape index (κ3) is 3.11. The molecule has 1 aromatic heterocycles. The molecule has 30 heavy (non-hydrogen) atoms. The summed E-state index contributed by atoms with van der Waals surface area (Å²) in [4.78, 5) is 26.5. The number of aromatic nitrogens is 2. The molecule has 5 rings (SSSR count). The average Bonchev–Trinajstić information content (AvgIpc) is 3.06. The fourth-order valence-corrected chi connectivity index (χ4v) is 6.20. The van der Waals surface area contributed by atoms with Crippen LogP contribution in [-0.4, -0.2) is 20.7 Å². The van der Waals surface area contributed by atoms with Gasteiger partial charge >= 0.3 is 0 Å². The highest BCUT2D eigenvalue weighted by Crippen LogP contribution is 2.47. The largest absolute Gasteiger partial charge is 0.507 e. The molecule has 8 heteroatoms. The van der Waals surface area contributed by atoms with Crippen molar-refractivity contribution in [1.82, 2.24) is 9.78 Å². The molecule has 0 saturated carbocycles. The van der Waals surface area contributed by atoms with Crippen molar-refractivity contribution in [2.75, 3.05) is 5.32 Å². The second-order valence-electron chi connectivity index (χ2n) is 7.43. The molecular weight excluding hydrogens is 608 g/mol. The van der Waals surface area contributed by atoms with Crippen LogP contribution in [0, 0.1) is 7.14 Å². The van der Waals surface area contributed by atoms with Crippen LogP contribution >= 0.6 is 45.2 Å². The number of aromatic hydroxyl groups is 1. The highest BCUT2D eigenvalue weighted by atomic mass is 127. The van der Waals surface area contributed by atoms with E-state index in [2.05, 4.69) is 55.6 Å². The monoisotopic (exact) mass is 625 g/mol. The molecule has 0 unspecified atom stereocenters. The quantitative estimate of drug-likeness (QED) is 0.363. The number of H-pyrrole nitrogens is 1. The van der Waals surface area contributed by atoms with E-state index in [0.29, 0.717) is 38.2 Å². The van der Waals surface area contributed by atoms with Crippen LogP contribution in [0.3, 0.4) is 0 Å². The van der Waals surface area contributed by atoms with Crippen LogP contribution in [-0.2, 0) is 4.79 Å². The number of carbonyl (C=O) groups excluding carboxylic acids is 1. The molecule has 0 amide bonds. The second-order valence-corrected chi connectivity index (χ2v) is 9.84. The zero-order chi connectivity index (χ0) is 21.0. The number of phenolic OH excluding ortho intramolecular Hbond substituents is 1. The number of hydrogen-bond acceptors (Lipinski definition) is 4. The summed E-state index contributed by atoms with van der Waals surface area (Å²) in [6.07, 6.45) is 1.95. The van der Waals surface area contributed by atoms with Crippen molar-refractivity contribution >= 4 is 56.8 Å². The summed E-state index contributed by atoms with van der Waals surface area (Å²) in [6, 6.07) is 13.1. The predicted molar refractivity (Wildman–Crippen MR) is 131 cm³/mol. The minimum atomic E-state index is -0.610. The van der Waals surface area contributed by atoms with E-state index < -0.39 is 5.92 Å². The summed E-state index contributed by atoms with van der Waals surface area (Å²) in [5.74, 6) is 0.113. The molecule has 1 atom stereocenters. The first-order valence-corrected chi connectivity index (χ1v) is 11.7. The maximum atomic E-state index is 13.5. The first-order valence-electron chi connectivity index (χ1n) is 9.57. The van der Waals surface area contributed by atoms with E-state index in [1.165, 1.54) is 4.68 Å². The molecule has 0 saturated heterocycles. The number of allylic oxidation sites excluding steroid dienone is 2. The van der Waals surface area contributed by atoms with Crippen LogP contribution in [0.15, 0.2) is 58.5 Å². The van der Waals surface area contributed by atoms with Gasteiger partial charge in [0.2, 0.25) is 0 Å². The molecule has 6 nitrogen and oxygen atoms in total. The molecule has 152 valence electrons. The molecule has 0 fully saturated rings. The Balaban J connectivity index is 1.80. The van der Waals surface area contributed by atoms with Crippen LogP contribution in [0.25, 0.3) is 5.69 Å². The van der Waals surface area contributed by atoms with Gasteiger partial charge in [0.05, 0.1) is 20.7 Å². The maximum Gasteiger partial charge on any atom is 0.277 e. The first kappa shape index (κ1) is 19.9. The van der Waals surface area contributed by atoms with E-state index in [0.717, 1.165) is 22.1 Å². The van der Waals surface area contributed by atoms with Gasteiger partial charge < -0.3 is 10.4 Å². The minimum absolute atomic E-state index is 0.0273. The van der Waals surface area contributed by atoms with Crippen molar-refractivity contribution in [3.8, 4) is 11.4 Å². The van der Waals surface area contributed by atoms with Gasteiger partial charge in [-0.3, -0.25) is 14.7 Å². The van der Waals surface area contributed by atoms with Gasteiger partial charge in [-0.15, -0.1) is 0 Å². The van der Waals surface area contributed by atoms with Crippen molar-refractivity contribution in [2.45, 2.75) is 25.2 Å². The van der Waals surface area contributed by atoms with E-state index in [4.69, 9.17) is 0 Å². The maximum absolute atomic E-state index is 13.5. The van der Waals surface area contributed by atoms with Gasteiger partial charge in [-0.25, -0.2) is 4.68 Å². The van der Waals surface area contributed by atoms with Crippen LogP contribution in [0.5, 0.6) is 5.75 Å². The van der Waals surface area contributed by atoms with Crippen molar-refractivity contribution < 1.29 is 9.90 Å². The van der Waals surface area contributed by atoms with Crippen LogP contribution in [0.4, 0.5) is 5.82 Å². The standard InChI is InChI=1S/C22H17I2N3O3/c23-11-9-13(20(29)14(24)10-11)17-18-15(7-4-8-16(18)28)25-21-19(17)22(30)27(26-21)12-5-2-1-3-6-12/h1-3,5-6,9-10,17,25-26,29H,4,7-8H2/t17-/m0/s1. The first-order chi connectivity index (χ1) is 14.5. The predicted octanol–water partition coefficient (Wildman–Crippen LogP) is 4.64. The number of carbonyl (C=O) groups is 1. The molecule has 2 aliphatic rings.